The van der Waals surface area contributed by atoms with Crippen LogP contribution >= 0.6 is 27.5 Å². The molecule has 0 saturated heterocycles. The Hall–Kier alpha value is -2.12. The number of carbonyl (C=O) groups is 1. The molecule has 0 radical (unpaired) electrons. The molecule has 0 aromatic heterocycles. The van der Waals surface area contributed by atoms with Gasteiger partial charge in [0.05, 0.1) is 11.7 Å². The molecule has 1 aliphatic heterocycles. The minimum absolute atomic E-state index is 0.0955. The molecule has 0 saturated carbocycles. The van der Waals surface area contributed by atoms with E-state index in [2.05, 4.69) is 56.9 Å². The summed E-state index contributed by atoms with van der Waals surface area (Å²) in [4.78, 5) is 15.2. The lowest BCUT2D eigenvalue weighted by atomic mass is 9.95. The van der Waals surface area contributed by atoms with Gasteiger partial charge in [-0.2, -0.15) is 0 Å². The largest absolute Gasteiger partial charge is 0.487 e. The topological polar surface area (TPSA) is 41.6 Å². The average Bonchev–Trinajstić information content (AvgIpc) is 3.23. The van der Waals surface area contributed by atoms with E-state index in [9.17, 15) is 13.6 Å². The van der Waals surface area contributed by atoms with Crippen molar-refractivity contribution < 1.29 is 18.3 Å². The standard InChI is InChI=1S/C22H20BrClF2N2O2/c1-12(2)28-19-5-3-4-16(19)17-10-13(11-18(23)20(17)28)21(29)27-14-6-8-15(9-7-14)30-22(24,25)26/h3,5-12,16,19H,4H2,1-2H3,(H,27,29). The number of hydrogen-bond donors (Lipinski definition) is 1. The van der Waals surface area contributed by atoms with E-state index >= 15 is 0 Å². The van der Waals surface area contributed by atoms with E-state index in [-0.39, 0.29) is 11.7 Å². The molecule has 2 aromatic carbocycles. The average molecular weight is 498 g/mol. The quantitative estimate of drug-likeness (QED) is 0.378. The van der Waals surface area contributed by atoms with Gasteiger partial charge in [0, 0.05) is 39.3 Å². The molecule has 2 atom stereocenters. The van der Waals surface area contributed by atoms with Crippen LogP contribution in [0.3, 0.4) is 0 Å². The van der Waals surface area contributed by atoms with E-state index in [1.54, 1.807) is 0 Å². The van der Waals surface area contributed by atoms with Crippen molar-refractivity contribution in [2.45, 2.75) is 43.8 Å². The van der Waals surface area contributed by atoms with Crippen molar-refractivity contribution in [3.8, 4) is 5.75 Å². The van der Waals surface area contributed by atoms with E-state index in [1.807, 2.05) is 12.1 Å². The number of rotatable bonds is 5. The molecule has 1 amide bonds. The first-order valence-electron chi connectivity index (χ1n) is 9.59. The van der Waals surface area contributed by atoms with Gasteiger partial charge in [-0.25, -0.2) is 0 Å². The van der Waals surface area contributed by atoms with Gasteiger partial charge < -0.3 is 15.0 Å². The van der Waals surface area contributed by atoms with Crippen molar-refractivity contribution in [3.05, 3.63) is 64.1 Å². The minimum Gasteiger partial charge on any atom is -0.420 e. The lowest BCUT2D eigenvalue weighted by Gasteiger charge is -2.30. The summed E-state index contributed by atoms with van der Waals surface area (Å²) < 4.78 is 30.6. The number of benzene rings is 2. The molecule has 0 spiro atoms. The fourth-order valence-corrected chi connectivity index (χ4v) is 5.01. The highest BCUT2D eigenvalue weighted by Crippen LogP contribution is 2.50. The number of alkyl halides is 3. The molecule has 0 fully saturated rings. The Balaban J connectivity index is 1.56. The van der Waals surface area contributed by atoms with Gasteiger partial charge >= 0.3 is 5.57 Å². The zero-order valence-electron chi connectivity index (χ0n) is 16.3. The van der Waals surface area contributed by atoms with Crippen LogP contribution in [0.5, 0.6) is 5.75 Å². The first-order valence-corrected chi connectivity index (χ1v) is 10.8. The van der Waals surface area contributed by atoms with E-state index in [4.69, 9.17) is 11.6 Å². The monoisotopic (exact) mass is 496 g/mol. The van der Waals surface area contributed by atoms with E-state index in [1.165, 1.54) is 24.3 Å². The van der Waals surface area contributed by atoms with Crippen LogP contribution in [0.25, 0.3) is 0 Å². The smallest absolute Gasteiger partial charge is 0.420 e. The SMILES string of the molecule is CC(C)N1c2c(Br)cc(C(=O)Nc3ccc(OC(F)(F)Cl)cc3)cc2C2CC=CC21. The zero-order valence-corrected chi connectivity index (χ0v) is 18.7. The minimum atomic E-state index is -3.78. The second kappa shape index (κ2) is 7.85. The summed E-state index contributed by atoms with van der Waals surface area (Å²) in [6.07, 6.45) is 5.39. The van der Waals surface area contributed by atoms with Crippen molar-refractivity contribution >= 4 is 44.8 Å². The number of anilines is 2. The second-order valence-corrected chi connectivity index (χ2v) is 8.98. The molecule has 4 nitrogen and oxygen atoms in total. The van der Waals surface area contributed by atoms with E-state index < -0.39 is 5.57 Å². The van der Waals surface area contributed by atoms with Crippen LogP contribution in [0.15, 0.2) is 53.0 Å². The zero-order chi connectivity index (χ0) is 21.6. The lowest BCUT2D eigenvalue weighted by molar-refractivity contribution is -0.0964. The summed E-state index contributed by atoms with van der Waals surface area (Å²) >= 11 is 8.42. The number of amides is 1. The summed E-state index contributed by atoms with van der Waals surface area (Å²) in [6.45, 7) is 4.33. The first-order chi connectivity index (χ1) is 14.1. The summed E-state index contributed by atoms with van der Waals surface area (Å²) in [5, 5.41) is 2.80. The summed E-state index contributed by atoms with van der Waals surface area (Å²) in [6, 6.07) is 10.0. The molecule has 2 aromatic rings. The fourth-order valence-electron chi connectivity index (χ4n) is 4.24. The highest BCUT2D eigenvalue weighted by atomic mass is 79.9. The second-order valence-electron chi connectivity index (χ2n) is 7.68. The lowest BCUT2D eigenvalue weighted by Crippen LogP contribution is -2.36. The van der Waals surface area contributed by atoms with Crippen molar-refractivity contribution in [1.29, 1.82) is 0 Å². The Bertz CT molecular complexity index is 1010. The Kier molecular flexibility index (Phi) is 5.53. The molecule has 2 aliphatic rings. The molecule has 4 rings (SSSR count). The third-order valence-electron chi connectivity index (χ3n) is 5.37. The molecule has 2 unspecified atom stereocenters. The first kappa shape index (κ1) is 21.1. The van der Waals surface area contributed by atoms with Crippen LogP contribution in [-0.4, -0.2) is 23.6 Å². The Labute approximate surface area is 187 Å². The van der Waals surface area contributed by atoms with Crippen molar-refractivity contribution in [1.82, 2.24) is 0 Å². The molecule has 30 heavy (non-hydrogen) atoms. The molecule has 8 heteroatoms. The number of hydrogen-bond acceptors (Lipinski definition) is 3. The maximum atomic E-state index is 12.9. The highest BCUT2D eigenvalue weighted by molar-refractivity contribution is 9.10. The summed E-state index contributed by atoms with van der Waals surface area (Å²) in [5.74, 6) is -0.0396. The van der Waals surface area contributed by atoms with Crippen molar-refractivity contribution in [3.63, 3.8) is 0 Å². The number of carbonyl (C=O) groups excluding carboxylic acids is 1. The van der Waals surface area contributed by atoms with Gasteiger partial charge in [-0.1, -0.05) is 12.2 Å². The molecular weight excluding hydrogens is 478 g/mol. The van der Waals surface area contributed by atoms with Gasteiger partial charge in [0.15, 0.2) is 0 Å². The van der Waals surface area contributed by atoms with Gasteiger partial charge in [-0.3, -0.25) is 4.79 Å². The van der Waals surface area contributed by atoms with E-state index in [0.717, 1.165) is 22.1 Å². The van der Waals surface area contributed by atoms with Crippen molar-refractivity contribution in [2.24, 2.45) is 0 Å². The highest BCUT2D eigenvalue weighted by Gasteiger charge is 2.41. The third kappa shape index (κ3) is 4.05. The molecule has 1 N–H and O–H groups in total. The number of nitrogens with zero attached hydrogens (tertiary/aromatic N) is 1. The third-order valence-corrected chi connectivity index (χ3v) is 6.05. The number of nitrogens with one attached hydrogen (secondary N) is 1. The Morgan fingerprint density at radius 3 is 2.63 bits per heavy atom. The molecular formula is C22H20BrClF2N2O2. The normalized spacial score (nSPS) is 19.8. The van der Waals surface area contributed by atoms with Crippen LogP contribution in [0, 0.1) is 0 Å². The number of fused-ring (bicyclic) bond motifs is 3. The van der Waals surface area contributed by atoms with Crippen LogP contribution in [-0.2, 0) is 0 Å². The molecule has 0 bridgehead atoms. The van der Waals surface area contributed by atoms with Gasteiger partial charge in [-0.15, -0.1) is 8.78 Å². The molecule has 1 heterocycles. The fraction of sp³-hybridized carbons (Fsp3) is 0.318. The Morgan fingerprint density at radius 2 is 2.00 bits per heavy atom. The predicted molar refractivity (Wildman–Crippen MR) is 118 cm³/mol. The Morgan fingerprint density at radius 1 is 1.30 bits per heavy atom. The number of ether oxygens (including phenoxy) is 1. The summed E-state index contributed by atoms with van der Waals surface area (Å²) in [7, 11) is 0. The van der Waals surface area contributed by atoms with Gasteiger partial charge in [-0.05, 0) is 78.2 Å². The van der Waals surface area contributed by atoms with Gasteiger partial charge in [0.1, 0.15) is 5.75 Å². The maximum absolute atomic E-state index is 12.9. The van der Waals surface area contributed by atoms with E-state index in [0.29, 0.717) is 29.3 Å². The van der Waals surface area contributed by atoms with Gasteiger partial charge in [0.2, 0.25) is 0 Å². The predicted octanol–water partition coefficient (Wildman–Crippen LogP) is 6.51. The number of halogens is 4. The van der Waals surface area contributed by atoms with Crippen LogP contribution < -0.4 is 15.0 Å². The molecule has 158 valence electrons. The van der Waals surface area contributed by atoms with Crippen LogP contribution in [0.2, 0.25) is 0 Å². The van der Waals surface area contributed by atoms with Crippen molar-refractivity contribution in [2.75, 3.05) is 10.2 Å². The number of allylic oxidation sites excluding steroid dienone is 1. The van der Waals surface area contributed by atoms with Crippen LogP contribution in [0.4, 0.5) is 20.2 Å². The summed E-state index contributed by atoms with van der Waals surface area (Å²) in [5.41, 5.74) is -0.482. The van der Waals surface area contributed by atoms with Crippen LogP contribution in [0.1, 0.15) is 42.1 Å². The maximum Gasteiger partial charge on any atom is 0.487 e. The molecule has 1 aliphatic carbocycles. The van der Waals surface area contributed by atoms with Gasteiger partial charge in [0.25, 0.3) is 5.91 Å².